The van der Waals surface area contributed by atoms with Crippen LogP contribution >= 0.6 is 11.6 Å². The number of anilines is 1. The van der Waals surface area contributed by atoms with Crippen LogP contribution < -0.4 is 5.73 Å². The van der Waals surface area contributed by atoms with E-state index in [1.807, 2.05) is 15.3 Å². The molecule has 98 valence electrons. The van der Waals surface area contributed by atoms with Crippen molar-refractivity contribution in [2.24, 2.45) is 0 Å². The van der Waals surface area contributed by atoms with Crippen LogP contribution in [-0.2, 0) is 6.54 Å². The summed E-state index contributed by atoms with van der Waals surface area (Å²) in [6.07, 6.45) is 7.04. The highest BCUT2D eigenvalue weighted by Crippen LogP contribution is 2.23. The standard InChI is InChI=1S/C12H13ClN6/c1-8(6-18-3-2-15-7-18)19-11-10(17-12(19)14)4-9(13)5-16-11/h2-5,7-8H,6H2,1H3,(H2,14,17). The Hall–Kier alpha value is -2.08. The fraction of sp³-hybridized carbons (Fsp3) is 0.250. The molecular weight excluding hydrogens is 264 g/mol. The molecule has 3 rings (SSSR count). The third-order valence-electron chi connectivity index (χ3n) is 3.00. The second-order valence-corrected chi connectivity index (χ2v) is 4.88. The predicted octanol–water partition coefficient (Wildman–Crippen LogP) is 2.12. The van der Waals surface area contributed by atoms with E-state index >= 15 is 0 Å². The van der Waals surface area contributed by atoms with Crippen LogP contribution in [0.25, 0.3) is 11.2 Å². The zero-order chi connectivity index (χ0) is 13.4. The molecule has 0 saturated heterocycles. The summed E-state index contributed by atoms with van der Waals surface area (Å²) in [4.78, 5) is 12.6. The SMILES string of the molecule is CC(Cn1ccnc1)n1c(N)nc2cc(Cl)cnc21. The number of rotatable bonds is 3. The molecule has 0 saturated carbocycles. The molecule has 0 aliphatic carbocycles. The Morgan fingerprint density at radius 1 is 1.47 bits per heavy atom. The van der Waals surface area contributed by atoms with Gasteiger partial charge in [-0.1, -0.05) is 11.6 Å². The minimum Gasteiger partial charge on any atom is -0.369 e. The van der Waals surface area contributed by atoms with Crippen molar-refractivity contribution in [3.8, 4) is 0 Å². The molecule has 1 unspecified atom stereocenters. The van der Waals surface area contributed by atoms with Crippen LogP contribution in [0.15, 0.2) is 31.0 Å². The summed E-state index contributed by atoms with van der Waals surface area (Å²) in [5.41, 5.74) is 7.43. The molecule has 0 spiro atoms. The van der Waals surface area contributed by atoms with Crippen molar-refractivity contribution in [1.29, 1.82) is 0 Å². The highest BCUT2D eigenvalue weighted by molar-refractivity contribution is 6.31. The molecule has 3 aromatic rings. The zero-order valence-electron chi connectivity index (χ0n) is 10.4. The number of imidazole rings is 2. The molecule has 0 aromatic carbocycles. The lowest BCUT2D eigenvalue weighted by Gasteiger charge is -2.15. The molecule has 1 atom stereocenters. The maximum atomic E-state index is 5.98. The van der Waals surface area contributed by atoms with Crippen LogP contribution in [0.5, 0.6) is 0 Å². The summed E-state index contributed by atoms with van der Waals surface area (Å²) < 4.78 is 3.90. The molecule has 19 heavy (non-hydrogen) atoms. The second kappa shape index (κ2) is 4.55. The molecule has 3 heterocycles. The van der Waals surface area contributed by atoms with Gasteiger partial charge in [0, 0.05) is 25.1 Å². The molecule has 0 fully saturated rings. The third-order valence-corrected chi connectivity index (χ3v) is 3.21. The summed E-state index contributed by atoms with van der Waals surface area (Å²) in [6.45, 7) is 2.81. The van der Waals surface area contributed by atoms with Crippen LogP contribution in [0.2, 0.25) is 5.02 Å². The number of halogens is 1. The summed E-state index contributed by atoms with van der Waals surface area (Å²) in [7, 11) is 0. The Bertz CT molecular complexity index is 702. The van der Waals surface area contributed by atoms with E-state index in [1.165, 1.54) is 0 Å². The van der Waals surface area contributed by atoms with E-state index in [0.717, 1.165) is 12.2 Å². The van der Waals surface area contributed by atoms with Gasteiger partial charge in [-0.3, -0.25) is 4.57 Å². The number of hydrogen-bond acceptors (Lipinski definition) is 4. The molecule has 3 aromatic heterocycles. The second-order valence-electron chi connectivity index (χ2n) is 4.44. The summed E-state index contributed by atoms with van der Waals surface area (Å²) in [5.74, 6) is 0.442. The number of nitrogens with two attached hydrogens (primary N) is 1. The van der Waals surface area contributed by atoms with Crippen LogP contribution in [-0.4, -0.2) is 24.1 Å². The summed E-state index contributed by atoms with van der Waals surface area (Å²) in [5, 5.41) is 0.555. The maximum Gasteiger partial charge on any atom is 0.202 e. The molecule has 6 nitrogen and oxygen atoms in total. The van der Waals surface area contributed by atoms with Gasteiger partial charge in [-0.2, -0.15) is 0 Å². The Kier molecular flexibility index (Phi) is 2.87. The first kappa shape index (κ1) is 12.0. The fourth-order valence-electron chi connectivity index (χ4n) is 2.19. The summed E-state index contributed by atoms with van der Waals surface area (Å²) in [6, 6.07) is 1.88. The Morgan fingerprint density at radius 3 is 3.05 bits per heavy atom. The average molecular weight is 277 g/mol. The largest absolute Gasteiger partial charge is 0.369 e. The van der Waals surface area contributed by atoms with E-state index in [-0.39, 0.29) is 6.04 Å². The van der Waals surface area contributed by atoms with Gasteiger partial charge in [0.15, 0.2) is 5.65 Å². The minimum absolute atomic E-state index is 0.118. The van der Waals surface area contributed by atoms with Crippen LogP contribution in [0.3, 0.4) is 0 Å². The zero-order valence-corrected chi connectivity index (χ0v) is 11.1. The Morgan fingerprint density at radius 2 is 2.32 bits per heavy atom. The van der Waals surface area contributed by atoms with Crippen LogP contribution in [0, 0.1) is 0 Å². The Balaban J connectivity index is 2.01. The van der Waals surface area contributed by atoms with Crippen molar-refractivity contribution in [3.05, 3.63) is 36.0 Å². The van der Waals surface area contributed by atoms with Crippen molar-refractivity contribution in [1.82, 2.24) is 24.1 Å². The Labute approximate surface area is 114 Å². The van der Waals surface area contributed by atoms with E-state index in [4.69, 9.17) is 17.3 Å². The van der Waals surface area contributed by atoms with Crippen LogP contribution in [0.4, 0.5) is 5.95 Å². The number of nitrogen functional groups attached to an aromatic ring is 1. The molecule has 2 N–H and O–H groups in total. The van der Waals surface area contributed by atoms with Gasteiger partial charge >= 0.3 is 0 Å². The quantitative estimate of drug-likeness (QED) is 0.795. The molecule has 0 bridgehead atoms. The first-order valence-electron chi connectivity index (χ1n) is 5.90. The van der Waals surface area contributed by atoms with Gasteiger partial charge in [0.25, 0.3) is 0 Å². The van der Waals surface area contributed by atoms with Crippen molar-refractivity contribution < 1.29 is 0 Å². The number of fused-ring (bicyclic) bond motifs is 1. The van der Waals surface area contributed by atoms with Crippen molar-refractivity contribution >= 4 is 28.7 Å². The predicted molar refractivity (Wildman–Crippen MR) is 73.9 cm³/mol. The molecule has 7 heteroatoms. The first-order chi connectivity index (χ1) is 9.15. The topological polar surface area (TPSA) is 74.5 Å². The van der Waals surface area contributed by atoms with Gasteiger partial charge in [-0.15, -0.1) is 0 Å². The number of hydrogen-bond donors (Lipinski definition) is 1. The lowest BCUT2D eigenvalue weighted by Crippen LogP contribution is -2.14. The number of aromatic nitrogens is 5. The number of pyridine rings is 1. The van der Waals surface area contributed by atoms with Gasteiger partial charge in [-0.05, 0) is 13.0 Å². The van der Waals surface area contributed by atoms with E-state index in [2.05, 4.69) is 21.9 Å². The molecule has 0 amide bonds. The van der Waals surface area contributed by atoms with Gasteiger partial charge in [0.1, 0.15) is 5.52 Å². The maximum absolute atomic E-state index is 5.98. The van der Waals surface area contributed by atoms with Gasteiger partial charge in [0.05, 0.1) is 17.4 Å². The first-order valence-corrected chi connectivity index (χ1v) is 6.27. The lowest BCUT2D eigenvalue weighted by atomic mass is 10.3. The normalized spacial score (nSPS) is 12.9. The van der Waals surface area contributed by atoms with Gasteiger partial charge in [0.2, 0.25) is 5.95 Å². The molecular formula is C12H13ClN6. The van der Waals surface area contributed by atoms with Gasteiger partial charge < -0.3 is 10.3 Å². The molecule has 0 radical (unpaired) electrons. The summed E-state index contributed by atoms with van der Waals surface area (Å²) >= 11 is 5.91. The van der Waals surface area contributed by atoms with E-state index in [0.29, 0.717) is 16.5 Å². The lowest BCUT2D eigenvalue weighted by molar-refractivity contribution is 0.477. The number of nitrogens with zero attached hydrogens (tertiary/aromatic N) is 5. The molecule has 0 aliphatic rings. The van der Waals surface area contributed by atoms with Crippen molar-refractivity contribution in [2.75, 3.05) is 5.73 Å². The fourth-order valence-corrected chi connectivity index (χ4v) is 2.34. The molecule has 0 aliphatic heterocycles. The highest BCUT2D eigenvalue weighted by Gasteiger charge is 2.15. The van der Waals surface area contributed by atoms with Crippen molar-refractivity contribution in [2.45, 2.75) is 19.5 Å². The van der Waals surface area contributed by atoms with E-state index in [1.54, 1.807) is 24.8 Å². The average Bonchev–Trinajstić information content (AvgIpc) is 2.95. The van der Waals surface area contributed by atoms with E-state index in [9.17, 15) is 0 Å². The third kappa shape index (κ3) is 2.15. The smallest absolute Gasteiger partial charge is 0.202 e. The highest BCUT2D eigenvalue weighted by atomic mass is 35.5. The van der Waals surface area contributed by atoms with Crippen molar-refractivity contribution in [3.63, 3.8) is 0 Å². The van der Waals surface area contributed by atoms with Gasteiger partial charge in [-0.25, -0.2) is 15.0 Å². The van der Waals surface area contributed by atoms with Crippen LogP contribution in [0.1, 0.15) is 13.0 Å². The van der Waals surface area contributed by atoms with E-state index < -0.39 is 0 Å². The monoisotopic (exact) mass is 276 g/mol. The minimum atomic E-state index is 0.118.